The molecule has 2 fully saturated rings. The maximum atomic E-state index is 11.8. The third-order valence-electron chi connectivity index (χ3n) is 3.27. The standard InChI is InChI=1S/C12H19NO3/c1-12(2,3)16-11(15)13-6-8-4-5-10(14)9(8)7-13/h8-9H,4-7H2,1-3H3/t8-,9+/m1/s1. The number of carbonyl (C=O) groups is 2. The molecule has 90 valence electrons. The molecule has 2 aliphatic rings. The van der Waals surface area contributed by atoms with Crippen molar-refractivity contribution < 1.29 is 14.3 Å². The molecule has 0 bridgehead atoms. The summed E-state index contributed by atoms with van der Waals surface area (Å²) in [4.78, 5) is 25.0. The SMILES string of the molecule is CC(C)(C)OC(=O)N1C[C@H]2CCC(=O)[C@H]2C1. The topological polar surface area (TPSA) is 46.6 Å². The van der Waals surface area contributed by atoms with Gasteiger partial charge in [-0.15, -0.1) is 0 Å². The van der Waals surface area contributed by atoms with Crippen molar-refractivity contribution in [1.29, 1.82) is 0 Å². The fraction of sp³-hybridized carbons (Fsp3) is 0.833. The van der Waals surface area contributed by atoms with E-state index in [1.54, 1.807) is 4.90 Å². The molecule has 0 unspecified atom stereocenters. The second-order valence-electron chi connectivity index (χ2n) is 5.76. The van der Waals surface area contributed by atoms with Crippen LogP contribution >= 0.6 is 0 Å². The molecule has 16 heavy (non-hydrogen) atoms. The third-order valence-corrected chi connectivity index (χ3v) is 3.27. The zero-order valence-electron chi connectivity index (χ0n) is 10.2. The van der Waals surface area contributed by atoms with Gasteiger partial charge in [-0.2, -0.15) is 0 Å². The number of hydrogen-bond donors (Lipinski definition) is 0. The number of ketones is 1. The molecule has 2 rings (SSSR count). The molecule has 0 spiro atoms. The van der Waals surface area contributed by atoms with Crippen LogP contribution in [0.15, 0.2) is 0 Å². The Labute approximate surface area is 95.9 Å². The molecule has 4 heteroatoms. The lowest BCUT2D eigenvalue weighted by molar-refractivity contribution is -0.120. The van der Waals surface area contributed by atoms with E-state index in [4.69, 9.17) is 4.74 Å². The first kappa shape index (κ1) is 11.4. The molecule has 1 saturated carbocycles. The van der Waals surface area contributed by atoms with E-state index in [1.807, 2.05) is 20.8 Å². The Balaban J connectivity index is 1.94. The van der Waals surface area contributed by atoms with Gasteiger partial charge in [-0.3, -0.25) is 4.79 Å². The summed E-state index contributed by atoms with van der Waals surface area (Å²) in [5.74, 6) is 0.767. The normalized spacial score (nSPS) is 29.4. The maximum Gasteiger partial charge on any atom is 0.410 e. The van der Waals surface area contributed by atoms with Crippen LogP contribution in [0.1, 0.15) is 33.6 Å². The van der Waals surface area contributed by atoms with Crippen LogP contribution < -0.4 is 0 Å². The number of likely N-dealkylation sites (tertiary alicyclic amines) is 1. The molecule has 0 aromatic rings. The summed E-state index contributed by atoms with van der Waals surface area (Å²) >= 11 is 0. The number of amides is 1. The van der Waals surface area contributed by atoms with E-state index < -0.39 is 5.60 Å². The van der Waals surface area contributed by atoms with Gasteiger partial charge in [0.05, 0.1) is 0 Å². The molecule has 0 radical (unpaired) electrons. The van der Waals surface area contributed by atoms with Gasteiger partial charge in [-0.1, -0.05) is 0 Å². The Morgan fingerprint density at radius 1 is 1.38 bits per heavy atom. The van der Waals surface area contributed by atoms with Crippen molar-refractivity contribution in [2.75, 3.05) is 13.1 Å². The van der Waals surface area contributed by atoms with Crippen LogP contribution in [0.2, 0.25) is 0 Å². The van der Waals surface area contributed by atoms with Crippen molar-refractivity contribution in [3.63, 3.8) is 0 Å². The van der Waals surface area contributed by atoms with Crippen LogP contribution in [0.25, 0.3) is 0 Å². The average molecular weight is 225 g/mol. The van der Waals surface area contributed by atoms with Gasteiger partial charge in [0.2, 0.25) is 0 Å². The van der Waals surface area contributed by atoms with Crippen molar-refractivity contribution in [2.45, 2.75) is 39.2 Å². The Morgan fingerprint density at radius 3 is 2.62 bits per heavy atom. The highest BCUT2D eigenvalue weighted by molar-refractivity contribution is 5.85. The molecular weight excluding hydrogens is 206 g/mol. The van der Waals surface area contributed by atoms with Gasteiger partial charge in [0.15, 0.2) is 0 Å². The number of carbonyl (C=O) groups excluding carboxylic acids is 2. The zero-order chi connectivity index (χ0) is 11.9. The average Bonchev–Trinajstić information content (AvgIpc) is 2.65. The van der Waals surface area contributed by atoms with E-state index in [0.717, 1.165) is 6.42 Å². The van der Waals surface area contributed by atoms with Crippen LogP contribution in [0.5, 0.6) is 0 Å². The first-order chi connectivity index (χ1) is 7.37. The molecule has 1 aliphatic heterocycles. The number of fused-ring (bicyclic) bond motifs is 1. The molecule has 0 N–H and O–H groups in total. The highest BCUT2D eigenvalue weighted by Crippen LogP contribution is 2.35. The number of hydrogen-bond acceptors (Lipinski definition) is 3. The molecular formula is C12H19NO3. The van der Waals surface area contributed by atoms with Crippen molar-refractivity contribution in [2.24, 2.45) is 11.8 Å². The molecule has 1 heterocycles. The minimum Gasteiger partial charge on any atom is -0.444 e. The summed E-state index contributed by atoms with van der Waals surface area (Å²) in [6.45, 7) is 6.80. The van der Waals surface area contributed by atoms with Gasteiger partial charge in [0.25, 0.3) is 0 Å². The second kappa shape index (κ2) is 3.75. The summed E-state index contributed by atoms with van der Waals surface area (Å²) in [5.41, 5.74) is -0.460. The van der Waals surface area contributed by atoms with Crippen molar-refractivity contribution in [3.05, 3.63) is 0 Å². The first-order valence-electron chi connectivity index (χ1n) is 5.87. The maximum absolute atomic E-state index is 11.8. The van der Waals surface area contributed by atoms with Gasteiger partial charge in [-0.05, 0) is 33.1 Å². The summed E-state index contributed by atoms with van der Waals surface area (Å²) in [5, 5.41) is 0. The van der Waals surface area contributed by atoms with Crippen LogP contribution in [0.4, 0.5) is 4.79 Å². The largest absolute Gasteiger partial charge is 0.444 e. The molecule has 0 aromatic heterocycles. The van der Waals surface area contributed by atoms with E-state index >= 15 is 0 Å². The molecule has 2 atom stereocenters. The fourth-order valence-electron chi connectivity index (χ4n) is 2.52. The van der Waals surface area contributed by atoms with E-state index in [9.17, 15) is 9.59 Å². The van der Waals surface area contributed by atoms with Gasteiger partial charge < -0.3 is 9.64 Å². The van der Waals surface area contributed by atoms with Crippen molar-refractivity contribution in [3.8, 4) is 0 Å². The van der Waals surface area contributed by atoms with Gasteiger partial charge in [0.1, 0.15) is 11.4 Å². The zero-order valence-corrected chi connectivity index (χ0v) is 10.2. The van der Waals surface area contributed by atoms with E-state index in [2.05, 4.69) is 0 Å². The van der Waals surface area contributed by atoms with Crippen molar-refractivity contribution in [1.82, 2.24) is 4.90 Å². The lowest BCUT2D eigenvalue weighted by Crippen LogP contribution is -2.36. The smallest absolute Gasteiger partial charge is 0.410 e. The number of rotatable bonds is 0. The fourth-order valence-corrected chi connectivity index (χ4v) is 2.52. The summed E-state index contributed by atoms with van der Waals surface area (Å²) in [6.07, 6.45) is 1.34. The molecule has 1 aliphatic carbocycles. The quantitative estimate of drug-likeness (QED) is 0.632. The number of nitrogens with zero attached hydrogens (tertiary/aromatic N) is 1. The molecule has 0 aromatic carbocycles. The highest BCUT2D eigenvalue weighted by Gasteiger charge is 2.44. The van der Waals surface area contributed by atoms with Crippen LogP contribution in [-0.4, -0.2) is 35.5 Å². The third kappa shape index (κ3) is 2.20. The number of ether oxygens (including phenoxy) is 1. The molecule has 4 nitrogen and oxygen atoms in total. The van der Waals surface area contributed by atoms with E-state index in [1.165, 1.54) is 0 Å². The molecule has 1 saturated heterocycles. The van der Waals surface area contributed by atoms with Gasteiger partial charge in [-0.25, -0.2) is 4.79 Å². The Bertz CT molecular complexity index is 319. The van der Waals surface area contributed by atoms with Gasteiger partial charge >= 0.3 is 6.09 Å². The summed E-state index contributed by atoms with van der Waals surface area (Å²) < 4.78 is 5.30. The van der Waals surface area contributed by atoms with E-state index in [-0.39, 0.29) is 12.0 Å². The summed E-state index contributed by atoms with van der Waals surface area (Å²) in [6, 6.07) is 0. The van der Waals surface area contributed by atoms with Crippen molar-refractivity contribution >= 4 is 11.9 Å². The minimum absolute atomic E-state index is 0.0764. The molecule has 1 amide bonds. The van der Waals surface area contributed by atoms with Crippen LogP contribution in [-0.2, 0) is 9.53 Å². The Hall–Kier alpha value is -1.06. The lowest BCUT2D eigenvalue weighted by atomic mass is 10.0. The lowest BCUT2D eigenvalue weighted by Gasteiger charge is -2.24. The summed E-state index contributed by atoms with van der Waals surface area (Å²) in [7, 11) is 0. The number of Topliss-reactive ketones (excluding diaryl/α,β-unsaturated/α-hetero) is 1. The van der Waals surface area contributed by atoms with Crippen LogP contribution in [0, 0.1) is 11.8 Å². The van der Waals surface area contributed by atoms with E-state index in [0.29, 0.717) is 31.2 Å². The highest BCUT2D eigenvalue weighted by atomic mass is 16.6. The minimum atomic E-state index is -0.460. The Morgan fingerprint density at radius 2 is 2.06 bits per heavy atom. The predicted molar refractivity (Wildman–Crippen MR) is 59.0 cm³/mol. The second-order valence-corrected chi connectivity index (χ2v) is 5.76. The van der Waals surface area contributed by atoms with Crippen LogP contribution in [0.3, 0.4) is 0 Å². The predicted octanol–water partition coefficient (Wildman–Crippen LogP) is 1.83. The Kier molecular flexibility index (Phi) is 2.68. The first-order valence-corrected chi connectivity index (χ1v) is 5.87. The monoisotopic (exact) mass is 225 g/mol. The van der Waals surface area contributed by atoms with Gasteiger partial charge in [0, 0.05) is 25.4 Å².